The molecule has 6 heteroatoms. The lowest BCUT2D eigenvalue weighted by molar-refractivity contribution is 0.291. The molecule has 21 heavy (non-hydrogen) atoms. The zero-order valence-corrected chi connectivity index (χ0v) is 14.7. The summed E-state index contributed by atoms with van der Waals surface area (Å²) >= 11 is 9.72. The van der Waals surface area contributed by atoms with Crippen LogP contribution in [0.3, 0.4) is 0 Å². The maximum atomic E-state index is 6.24. The summed E-state index contributed by atoms with van der Waals surface area (Å²) in [6.07, 6.45) is 0.757. The van der Waals surface area contributed by atoms with Crippen molar-refractivity contribution in [3.05, 3.63) is 44.6 Å². The molecule has 0 saturated heterocycles. The monoisotopic (exact) mass is 371 g/mol. The summed E-state index contributed by atoms with van der Waals surface area (Å²) in [5, 5.41) is 4.94. The van der Waals surface area contributed by atoms with E-state index in [1.807, 2.05) is 39.1 Å². The van der Waals surface area contributed by atoms with Crippen LogP contribution in [0.25, 0.3) is 0 Å². The second-order valence-electron chi connectivity index (χ2n) is 5.19. The molecule has 1 heterocycles. The van der Waals surface area contributed by atoms with Crippen molar-refractivity contribution in [2.75, 3.05) is 0 Å². The molecule has 0 aliphatic rings. The van der Waals surface area contributed by atoms with Crippen molar-refractivity contribution in [1.29, 1.82) is 0 Å². The quantitative estimate of drug-likeness (QED) is 0.872. The lowest BCUT2D eigenvalue weighted by Gasteiger charge is -2.14. The number of hydrogen-bond acceptors (Lipinski definition) is 3. The molecule has 0 bridgehead atoms. The SMILES string of the molecule is Cc1nn(C)c(COc2ccc(Br)cc2CC(C)N)c1Cl. The van der Waals surface area contributed by atoms with Gasteiger partial charge in [-0.15, -0.1) is 0 Å². The third-order valence-corrected chi connectivity index (χ3v) is 4.18. The molecule has 1 aromatic heterocycles. The number of benzene rings is 1. The molecule has 0 aliphatic carbocycles. The van der Waals surface area contributed by atoms with Gasteiger partial charge >= 0.3 is 0 Å². The first kappa shape index (κ1) is 16.3. The fraction of sp³-hybridized carbons (Fsp3) is 0.400. The Hall–Kier alpha value is -1.04. The van der Waals surface area contributed by atoms with Crippen molar-refractivity contribution < 1.29 is 4.74 Å². The van der Waals surface area contributed by atoms with E-state index in [0.29, 0.717) is 11.6 Å². The van der Waals surface area contributed by atoms with Gasteiger partial charge in [-0.3, -0.25) is 4.68 Å². The summed E-state index contributed by atoms with van der Waals surface area (Å²) in [5.41, 5.74) is 8.65. The second-order valence-corrected chi connectivity index (χ2v) is 6.49. The van der Waals surface area contributed by atoms with Gasteiger partial charge < -0.3 is 10.5 Å². The minimum absolute atomic E-state index is 0.0733. The molecular weight excluding hydrogens is 354 g/mol. The standard InChI is InChI=1S/C15H19BrClN3O/c1-9(18)6-11-7-12(16)4-5-14(11)21-8-13-15(17)10(2)19-20(13)3/h4-5,7,9H,6,8,18H2,1-3H3. The lowest BCUT2D eigenvalue weighted by atomic mass is 10.1. The lowest BCUT2D eigenvalue weighted by Crippen LogP contribution is -2.18. The number of ether oxygens (including phenoxy) is 1. The summed E-state index contributed by atoms with van der Waals surface area (Å²) < 4.78 is 8.70. The Morgan fingerprint density at radius 3 is 2.76 bits per heavy atom. The molecule has 0 saturated carbocycles. The van der Waals surface area contributed by atoms with Gasteiger partial charge in [0.1, 0.15) is 12.4 Å². The van der Waals surface area contributed by atoms with Crippen LogP contribution in [0.1, 0.15) is 23.9 Å². The van der Waals surface area contributed by atoms with E-state index in [0.717, 1.165) is 33.6 Å². The van der Waals surface area contributed by atoms with Gasteiger partial charge in [0.15, 0.2) is 0 Å². The first-order valence-electron chi connectivity index (χ1n) is 6.73. The van der Waals surface area contributed by atoms with Crippen molar-refractivity contribution in [3.8, 4) is 5.75 Å². The molecule has 1 aromatic carbocycles. The van der Waals surface area contributed by atoms with Crippen molar-refractivity contribution in [3.63, 3.8) is 0 Å². The van der Waals surface area contributed by atoms with Gasteiger partial charge in [0, 0.05) is 17.6 Å². The van der Waals surface area contributed by atoms with Gasteiger partial charge in [0.2, 0.25) is 0 Å². The highest BCUT2D eigenvalue weighted by molar-refractivity contribution is 9.10. The van der Waals surface area contributed by atoms with E-state index in [1.54, 1.807) is 4.68 Å². The number of halogens is 2. The second kappa shape index (κ2) is 6.81. The summed E-state index contributed by atoms with van der Waals surface area (Å²) in [4.78, 5) is 0. The molecule has 0 radical (unpaired) electrons. The minimum Gasteiger partial charge on any atom is -0.487 e. The molecule has 0 fully saturated rings. The molecule has 2 N–H and O–H groups in total. The van der Waals surface area contributed by atoms with E-state index in [-0.39, 0.29) is 6.04 Å². The summed E-state index contributed by atoms with van der Waals surface area (Å²) in [6.45, 7) is 4.24. The number of nitrogens with zero attached hydrogens (tertiary/aromatic N) is 2. The van der Waals surface area contributed by atoms with Crippen molar-refractivity contribution >= 4 is 27.5 Å². The molecule has 4 nitrogen and oxygen atoms in total. The van der Waals surface area contributed by atoms with Crippen LogP contribution in [-0.2, 0) is 20.1 Å². The van der Waals surface area contributed by atoms with Crippen LogP contribution >= 0.6 is 27.5 Å². The van der Waals surface area contributed by atoms with Crippen LogP contribution in [0, 0.1) is 6.92 Å². The molecule has 1 unspecified atom stereocenters. The molecule has 0 amide bonds. The van der Waals surface area contributed by atoms with E-state index in [9.17, 15) is 0 Å². The average Bonchev–Trinajstić information content (AvgIpc) is 2.62. The maximum absolute atomic E-state index is 6.24. The summed E-state index contributed by atoms with van der Waals surface area (Å²) in [6, 6.07) is 6.01. The molecule has 0 aliphatic heterocycles. The van der Waals surface area contributed by atoms with Gasteiger partial charge in [-0.2, -0.15) is 5.10 Å². The molecule has 2 rings (SSSR count). The van der Waals surface area contributed by atoms with Crippen LogP contribution < -0.4 is 10.5 Å². The molecular formula is C15H19BrClN3O. The van der Waals surface area contributed by atoms with Crippen molar-refractivity contribution in [2.24, 2.45) is 12.8 Å². The predicted molar refractivity (Wildman–Crippen MR) is 88.8 cm³/mol. The van der Waals surface area contributed by atoms with E-state index < -0.39 is 0 Å². The van der Waals surface area contributed by atoms with Gasteiger partial charge in [-0.25, -0.2) is 0 Å². The van der Waals surface area contributed by atoms with E-state index >= 15 is 0 Å². The first-order valence-corrected chi connectivity index (χ1v) is 7.90. The topological polar surface area (TPSA) is 53.1 Å². The van der Waals surface area contributed by atoms with Crippen LogP contribution in [0.5, 0.6) is 5.75 Å². The van der Waals surface area contributed by atoms with Crippen LogP contribution in [0.2, 0.25) is 5.02 Å². The van der Waals surface area contributed by atoms with Crippen molar-refractivity contribution in [1.82, 2.24) is 9.78 Å². The Labute approximate surface area is 138 Å². The Morgan fingerprint density at radius 1 is 1.48 bits per heavy atom. The Bertz CT molecular complexity index is 640. The fourth-order valence-corrected chi connectivity index (χ4v) is 2.80. The third-order valence-electron chi connectivity index (χ3n) is 3.19. The predicted octanol–water partition coefficient (Wildman–Crippen LogP) is 3.61. The Morgan fingerprint density at radius 2 is 2.19 bits per heavy atom. The zero-order valence-electron chi connectivity index (χ0n) is 12.4. The number of rotatable bonds is 5. The van der Waals surface area contributed by atoms with E-state index in [2.05, 4.69) is 21.0 Å². The number of aryl methyl sites for hydroxylation is 2. The normalized spacial score (nSPS) is 12.5. The smallest absolute Gasteiger partial charge is 0.131 e. The fourth-order valence-electron chi connectivity index (χ4n) is 2.18. The highest BCUT2D eigenvalue weighted by Gasteiger charge is 2.13. The van der Waals surface area contributed by atoms with Crippen LogP contribution in [0.4, 0.5) is 0 Å². The van der Waals surface area contributed by atoms with Crippen molar-refractivity contribution in [2.45, 2.75) is 32.9 Å². The molecule has 0 spiro atoms. The maximum Gasteiger partial charge on any atom is 0.131 e. The number of nitrogens with two attached hydrogens (primary N) is 1. The molecule has 1 atom stereocenters. The minimum atomic E-state index is 0.0733. The Balaban J connectivity index is 2.19. The number of aromatic nitrogens is 2. The molecule has 2 aromatic rings. The van der Waals surface area contributed by atoms with Crippen LogP contribution in [-0.4, -0.2) is 15.8 Å². The van der Waals surface area contributed by atoms with Gasteiger partial charge in [-0.1, -0.05) is 27.5 Å². The van der Waals surface area contributed by atoms with Gasteiger partial charge in [-0.05, 0) is 44.0 Å². The number of hydrogen-bond donors (Lipinski definition) is 1. The van der Waals surface area contributed by atoms with E-state index in [1.165, 1.54) is 0 Å². The van der Waals surface area contributed by atoms with Gasteiger partial charge in [0.25, 0.3) is 0 Å². The highest BCUT2D eigenvalue weighted by Crippen LogP contribution is 2.27. The molecule has 114 valence electrons. The van der Waals surface area contributed by atoms with E-state index in [4.69, 9.17) is 22.1 Å². The van der Waals surface area contributed by atoms with Gasteiger partial charge in [0.05, 0.1) is 16.4 Å². The summed E-state index contributed by atoms with van der Waals surface area (Å²) in [7, 11) is 1.86. The largest absolute Gasteiger partial charge is 0.487 e. The first-order chi connectivity index (χ1) is 9.88. The summed E-state index contributed by atoms with van der Waals surface area (Å²) in [5.74, 6) is 0.824. The van der Waals surface area contributed by atoms with Crippen LogP contribution in [0.15, 0.2) is 22.7 Å². The average molecular weight is 373 g/mol. The highest BCUT2D eigenvalue weighted by atomic mass is 79.9. The Kier molecular flexibility index (Phi) is 5.30. The third kappa shape index (κ3) is 3.99. The zero-order chi connectivity index (χ0) is 15.6.